The number of guanidine groups is 1. The SMILES string of the molecule is CCNC(=NCC1CCS(=O)(=O)C1)NC(C)CCC(C)(C)C. The summed E-state index contributed by atoms with van der Waals surface area (Å²) in [6.45, 7) is 12.3. The first kappa shape index (κ1) is 19.3. The van der Waals surface area contributed by atoms with Crippen LogP contribution >= 0.6 is 0 Å². The molecule has 0 amide bonds. The zero-order chi connectivity index (χ0) is 16.8. The molecule has 2 atom stereocenters. The zero-order valence-corrected chi connectivity index (χ0v) is 15.6. The monoisotopic (exact) mass is 331 g/mol. The van der Waals surface area contributed by atoms with Gasteiger partial charge in [-0.25, -0.2) is 8.42 Å². The summed E-state index contributed by atoms with van der Waals surface area (Å²) in [6, 6.07) is 0.351. The number of rotatable bonds is 6. The maximum Gasteiger partial charge on any atom is 0.191 e. The van der Waals surface area contributed by atoms with Crippen molar-refractivity contribution in [2.75, 3.05) is 24.6 Å². The van der Waals surface area contributed by atoms with E-state index in [2.05, 4.69) is 43.3 Å². The molecule has 0 aliphatic carbocycles. The lowest BCUT2D eigenvalue weighted by atomic mass is 9.89. The highest BCUT2D eigenvalue weighted by atomic mass is 32.2. The van der Waals surface area contributed by atoms with Gasteiger partial charge in [0.15, 0.2) is 15.8 Å². The molecule has 0 bridgehead atoms. The van der Waals surface area contributed by atoms with E-state index in [4.69, 9.17) is 0 Å². The average molecular weight is 332 g/mol. The van der Waals surface area contributed by atoms with Crippen LogP contribution in [0, 0.1) is 11.3 Å². The van der Waals surface area contributed by atoms with E-state index >= 15 is 0 Å². The van der Waals surface area contributed by atoms with E-state index in [9.17, 15) is 8.42 Å². The number of hydrogen-bond donors (Lipinski definition) is 2. The number of sulfone groups is 1. The van der Waals surface area contributed by atoms with Crippen LogP contribution in [-0.4, -0.2) is 45.0 Å². The molecule has 1 rings (SSSR count). The molecule has 22 heavy (non-hydrogen) atoms. The molecule has 0 saturated carbocycles. The van der Waals surface area contributed by atoms with Crippen molar-refractivity contribution in [1.82, 2.24) is 10.6 Å². The van der Waals surface area contributed by atoms with Crippen molar-refractivity contribution in [3.8, 4) is 0 Å². The number of aliphatic imine (C=N–C) groups is 1. The van der Waals surface area contributed by atoms with Crippen molar-refractivity contribution in [3.05, 3.63) is 0 Å². The van der Waals surface area contributed by atoms with Gasteiger partial charge in [0.05, 0.1) is 11.5 Å². The van der Waals surface area contributed by atoms with Crippen LogP contribution in [0.5, 0.6) is 0 Å². The number of nitrogens with zero attached hydrogens (tertiary/aromatic N) is 1. The highest BCUT2D eigenvalue weighted by molar-refractivity contribution is 7.91. The standard InChI is InChI=1S/C16H33N3O2S/c1-6-17-15(19-13(2)7-9-16(3,4)5)18-11-14-8-10-22(20,21)12-14/h13-14H,6-12H2,1-5H3,(H2,17,18,19). The van der Waals surface area contributed by atoms with Crippen LogP contribution in [0.2, 0.25) is 0 Å². The Hall–Kier alpha value is -0.780. The molecule has 1 saturated heterocycles. The van der Waals surface area contributed by atoms with Gasteiger partial charge in [0.25, 0.3) is 0 Å². The minimum absolute atomic E-state index is 0.172. The highest BCUT2D eigenvalue weighted by Crippen LogP contribution is 2.21. The molecule has 130 valence electrons. The van der Waals surface area contributed by atoms with Crippen molar-refractivity contribution in [2.24, 2.45) is 16.3 Å². The maximum absolute atomic E-state index is 11.5. The van der Waals surface area contributed by atoms with Crippen molar-refractivity contribution in [3.63, 3.8) is 0 Å². The van der Waals surface area contributed by atoms with Crippen molar-refractivity contribution < 1.29 is 8.42 Å². The predicted molar refractivity (Wildman–Crippen MR) is 94.0 cm³/mol. The highest BCUT2D eigenvalue weighted by Gasteiger charge is 2.27. The lowest BCUT2D eigenvalue weighted by Gasteiger charge is -2.23. The van der Waals surface area contributed by atoms with E-state index in [0.29, 0.717) is 23.8 Å². The van der Waals surface area contributed by atoms with Gasteiger partial charge in [-0.1, -0.05) is 20.8 Å². The molecule has 0 spiro atoms. The second-order valence-electron chi connectivity index (χ2n) is 7.63. The summed E-state index contributed by atoms with van der Waals surface area (Å²) in [5.41, 5.74) is 0.337. The Morgan fingerprint density at radius 1 is 1.36 bits per heavy atom. The summed E-state index contributed by atoms with van der Waals surface area (Å²) in [6.07, 6.45) is 2.98. The van der Waals surface area contributed by atoms with Crippen molar-refractivity contribution in [1.29, 1.82) is 0 Å². The van der Waals surface area contributed by atoms with Crippen LogP contribution in [0.25, 0.3) is 0 Å². The normalized spacial score (nSPS) is 23.3. The summed E-state index contributed by atoms with van der Waals surface area (Å²) in [7, 11) is -2.81. The second kappa shape index (κ2) is 8.18. The molecule has 5 nitrogen and oxygen atoms in total. The third kappa shape index (κ3) is 8.01. The Morgan fingerprint density at radius 3 is 2.55 bits per heavy atom. The van der Waals surface area contributed by atoms with Gasteiger partial charge >= 0.3 is 0 Å². The number of hydrogen-bond acceptors (Lipinski definition) is 3. The zero-order valence-electron chi connectivity index (χ0n) is 14.8. The second-order valence-corrected chi connectivity index (χ2v) is 9.86. The van der Waals surface area contributed by atoms with E-state index in [1.165, 1.54) is 0 Å². The number of nitrogens with one attached hydrogen (secondary N) is 2. The van der Waals surface area contributed by atoms with Gasteiger partial charge in [-0.2, -0.15) is 0 Å². The van der Waals surface area contributed by atoms with E-state index in [1.54, 1.807) is 0 Å². The molecule has 1 heterocycles. The lowest BCUT2D eigenvalue weighted by Crippen LogP contribution is -2.42. The summed E-state index contributed by atoms with van der Waals surface area (Å²) < 4.78 is 23.0. The summed E-state index contributed by atoms with van der Waals surface area (Å²) >= 11 is 0. The molecule has 2 unspecified atom stereocenters. The Morgan fingerprint density at radius 2 is 2.05 bits per heavy atom. The van der Waals surface area contributed by atoms with Gasteiger partial charge in [-0.15, -0.1) is 0 Å². The minimum Gasteiger partial charge on any atom is -0.357 e. The molecule has 0 aromatic carbocycles. The molecular formula is C16H33N3O2S. The Bertz CT molecular complexity index is 466. The third-order valence-electron chi connectivity index (χ3n) is 3.89. The van der Waals surface area contributed by atoms with Gasteiger partial charge in [0.2, 0.25) is 0 Å². The Balaban J connectivity index is 2.48. The molecule has 0 aromatic heterocycles. The van der Waals surface area contributed by atoms with Crippen LogP contribution in [0.1, 0.15) is 53.9 Å². The minimum atomic E-state index is -2.81. The molecule has 1 fully saturated rings. The molecule has 0 aromatic rings. The molecule has 0 radical (unpaired) electrons. The smallest absolute Gasteiger partial charge is 0.191 e. The Labute approximate surface area is 136 Å². The van der Waals surface area contributed by atoms with E-state index < -0.39 is 9.84 Å². The van der Waals surface area contributed by atoms with Crippen LogP contribution in [-0.2, 0) is 9.84 Å². The summed E-state index contributed by atoms with van der Waals surface area (Å²) in [4.78, 5) is 4.58. The van der Waals surface area contributed by atoms with Crippen LogP contribution in [0.3, 0.4) is 0 Å². The first-order chi connectivity index (χ1) is 10.1. The predicted octanol–water partition coefficient (Wildman–Crippen LogP) is 2.19. The van der Waals surface area contributed by atoms with Gasteiger partial charge in [-0.05, 0) is 44.4 Å². The van der Waals surface area contributed by atoms with E-state index in [-0.39, 0.29) is 11.7 Å². The molecule has 6 heteroatoms. The van der Waals surface area contributed by atoms with Gasteiger partial charge in [0, 0.05) is 19.1 Å². The fraction of sp³-hybridized carbons (Fsp3) is 0.938. The summed E-state index contributed by atoms with van der Waals surface area (Å²) in [5.74, 6) is 1.58. The molecular weight excluding hydrogens is 298 g/mol. The maximum atomic E-state index is 11.5. The molecule has 1 aliphatic rings. The summed E-state index contributed by atoms with van der Waals surface area (Å²) in [5, 5.41) is 6.67. The van der Waals surface area contributed by atoms with Crippen LogP contribution in [0.15, 0.2) is 4.99 Å². The van der Waals surface area contributed by atoms with Crippen LogP contribution in [0.4, 0.5) is 0 Å². The molecule has 1 aliphatic heterocycles. The Kier molecular flexibility index (Phi) is 7.16. The van der Waals surface area contributed by atoms with Crippen molar-refractivity contribution >= 4 is 15.8 Å². The topological polar surface area (TPSA) is 70.6 Å². The fourth-order valence-corrected chi connectivity index (χ4v) is 4.36. The fourth-order valence-electron chi connectivity index (χ4n) is 2.51. The van der Waals surface area contributed by atoms with Crippen LogP contribution < -0.4 is 10.6 Å². The van der Waals surface area contributed by atoms with E-state index in [1.807, 2.05) is 6.92 Å². The van der Waals surface area contributed by atoms with Gasteiger partial charge < -0.3 is 10.6 Å². The lowest BCUT2D eigenvalue weighted by molar-refractivity contribution is 0.346. The largest absolute Gasteiger partial charge is 0.357 e. The first-order valence-electron chi connectivity index (χ1n) is 8.36. The molecule has 2 N–H and O–H groups in total. The van der Waals surface area contributed by atoms with Crippen molar-refractivity contribution in [2.45, 2.75) is 59.9 Å². The quantitative estimate of drug-likeness (QED) is 0.578. The first-order valence-corrected chi connectivity index (χ1v) is 10.2. The van der Waals surface area contributed by atoms with Gasteiger partial charge in [0.1, 0.15) is 0 Å². The van der Waals surface area contributed by atoms with Gasteiger partial charge in [-0.3, -0.25) is 4.99 Å². The van der Waals surface area contributed by atoms with E-state index in [0.717, 1.165) is 31.8 Å². The third-order valence-corrected chi connectivity index (χ3v) is 5.73. The average Bonchev–Trinajstić information content (AvgIpc) is 2.73.